The molecule has 0 bridgehead atoms. The van der Waals surface area contributed by atoms with E-state index in [0.29, 0.717) is 5.92 Å². The number of rotatable bonds is 4. The van der Waals surface area contributed by atoms with Gasteiger partial charge in [-0.15, -0.1) is 11.3 Å². The molecule has 4 nitrogen and oxygen atoms in total. The number of nitrogens with zero attached hydrogens (tertiary/aromatic N) is 3. The van der Waals surface area contributed by atoms with Gasteiger partial charge < -0.3 is 5.32 Å². The number of thiophene rings is 1. The van der Waals surface area contributed by atoms with Crippen molar-refractivity contribution in [2.24, 2.45) is 0 Å². The summed E-state index contributed by atoms with van der Waals surface area (Å²) in [7, 11) is 0. The van der Waals surface area contributed by atoms with Gasteiger partial charge in [0.2, 0.25) is 0 Å². The number of fused-ring (bicyclic) bond motifs is 1. The molecule has 0 saturated carbocycles. The zero-order valence-corrected chi connectivity index (χ0v) is 15.8. The molecular formula is C21H20N4S. The van der Waals surface area contributed by atoms with Crippen LogP contribution in [0.1, 0.15) is 30.9 Å². The van der Waals surface area contributed by atoms with Crippen LogP contribution in [0.3, 0.4) is 0 Å². The first-order chi connectivity index (χ1) is 12.6. The molecule has 3 aromatic heterocycles. The SMILES string of the molecule is Cc1cccnc1Nc1ncnc2scc(-c3ccc(C(C)C)cc3)c12. The van der Waals surface area contributed by atoms with E-state index in [9.17, 15) is 0 Å². The molecule has 5 heteroatoms. The maximum atomic E-state index is 4.49. The molecule has 0 unspecified atom stereocenters. The standard InChI is InChI=1S/C21H20N4S/c1-13(2)15-6-8-16(9-7-15)17-11-26-21-18(17)20(23-12-24-21)25-19-14(3)5-4-10-22-19/h4-13H,1-3H3,(H,22,23,24,25). The van der Waals surface area contributed by atoms with Crippen molar-refractivity contribution in [3.63, 3.8) is 0 Å². The highest BCUT2D eigenvalue weighted by Gasteiger charge is 2.14. The molecule has 1 N–H and O–H groups in total. The highest BCUT2D eigenvalue weighted by atomic mass is 32.1. The third-order valence-corrected chi connectivity index (χ3v) is 5.39. The zero-order valence-electron chi connectivity index (χ0n) is 15.0. The topological polar surface area (TPSA) is 50.7 Å². The van der Waals surface area contributed by atoms with Gasteiger partial charge in [-0.25, -0.2) is 15.0 Å². The zero-order chi connectivity index (χ0) is 18.1. The molecule has 0 saturated heterocycles. The van der Waals surface area contributed by atoms with Crippen LogP contribution < -0.4 is 5.32 Å². The Bertz CT molecular complexity index is 1050. The van der Waals surface area contributed by atoms with Crippen molar-refractivity contribution in [1.29, 1.82) is 0 Å². The largest absolute Gasteiger partial charge is 0.324 e. The number of pyridine rings is 1. The van der Waals surface area contributed by atoms with Crippen molar-refractivity contribution in [3.8, 4) is 11.1 Å². The number of nitrogens with one attached hydrogen (secondary N) is 1. The fraction of sp³-hybridized carbons (Fsp3) is 0.190. The number of hydrogen-bond acceptors (Lipinski definition) is 5. The molecule has 0 aliphatic heterocycles. The number of aromatic nitrogens is 3. The Labute approximate surface area is 157 Å². The summed E-state index contributed by atoms with van der Waals surface area (Å²) in [6, 6.07) is 12.7. The Morgan fingerprint density at radius 3 is 2.50 bits per heavy atom. The normalized spacial score (nSPS) is 11.2. The second-order valence-electron chi connectivity index (χ2n) is 6.62. The molecule has 0 atom stereocenters. The third kappa shape index (κ3) is 3.06. The van der Waals surface area contributed by atoms with Crippen LogP contribution in [0, 0.1) is 6.92 Å². The van der Waals surface area contributed by atoms with Crippen molar-refractivity contribution in [2.45, 2.75) is 26.7 Å². The van der Waals surface area contributed by atoms with E-state index < -0.39 is 0 Å². The lowest BCUT2D eigenvalue weighted by atomic mass is 9.99. The second-order valence-corrected chi connectivity index (χ2v) is 7.48. The Hall–Kier alpha value is -2.79. The predicted octanol–water partition coefficient (Wildman–Crippen LogP) is 5.93. The predicted molar refractivity (Wildman–Crippen MR) is 109 cm³/mol. The molecule has 0 fully saturated rings. The molecule has 0 radical (unpaired) electrons. The maximum Gasteiger partial charge on any atom is 0.144 e. The maximum absolute atomic E-state index is 4.49. The van der Waals surface area contributed by atoms with Gasteiger partial charge in [0.1, 0.15) is 22.8 Å². The van der Waals surface area contributed by atoms with Crippen LogP contribution in [0.25, 0.3) is 21.3 Å². The fourth-order valence-electron chi connectivity index (χ4n) is 2.96. The first-order valence-corrected chi connectivity index (χ1v) is 9.52. The van der Waals surface area contributed by atoms with E-state index in [1.807, 2.05) is 19.1 Å². The van der Waals surface area contributed by atoms with Crippen LogP contribution in [0.15, 0.2) is 54.3 Å². The van der Waals surface area contributed by atoms with E-state index in [0.717, 1.165) is 33.0 Å². The average molecular weight is 360 g/mol. The van der Waals surface area contributed by atoms with Gasteiger partial charge >= 0.3 is 0 Å². The van der Waals surface area contributed by atoms with Gasteiger partial charge in [0.25, 0.3) is 0 Å². The van der Waals surface area contributed by atoms with Crippen molar-refractivity contribution in [3.05, 3.63) is 65.4 Å². The van der Waals surface area contributed by atoms with Gasteiger partial charge in [-0.05, 0) is 35.6 Å². The molecule has 130 valence electrons. The van der Waals surface area contributed by atoms with Gasteiger partial charge in [0.15, 0.2) is 0 Å². The summed E-state index contributed by atoms with van der Waals surface area (Å²) >= 11 is 1.64. The molecule has 3 heterocycles. The minimum atomic E-state index is 0.524. The van der Waals surface area contributed by atoms with Gasteiger partial charge in [-0.1, -0.05) is 44.2 Å². The highest BCUT2D eigenvalue weighted by Crippen LogP contribution is 2.37. The summed E-state index contributed by atoms with van der Waals surface area (Å²) in [5.74, 6) is 2.14. The van der Waals surface area contributed by atoms with Crippen molar-refractivity contribution in [2.75, 3.05) is 5.32 Å². The second kappa shape index (κ2) is 6.84. The summed E-state index contributed by atoms with van der Waals surface area (Å²) < 4.78 is 0. The van der Waals surface area contributed by atoms with Crippen molar-refractivity contribution >= 4 is 33.2 Å². The molecule has 0 aliphatic carbocycles. The number of aryl methyl sites for hydroxylation is 1. The minimum Gasteiger partial charge on any atom is -0.324 e. The lowest BCUT2D eigenvalue weighted by molar-refractivity contribution is 0.867. The first kappa shape index (κ1) is 16.7. The Balaban J connectivity index is 1.81. The first-order valence-electron chi connectivity index (χ1n) is 8.64. The van der Waals surface area contributed by atoms with Crippen LogP contribution in [-0.4, -0.2) is 15.0 Å². The van der Waals surface area contributed by atoms with E-state index in [1.165, 1.54) is 11.1 Å². The molecule has 0 aliphatic rings. The summed E-state index contributed by atoms with van der Waals surface area (Å²) in [5.41, 5.74) is 4.75. The fourth-order valence-corrected chi connectivity index (χ4v) is 3.87. The molecular weight excluding hydrogens is 340 g/mol. The Morgan fingerprint density at radius 1 is 0.962 bits per heavy atom. The van der Waals surface area contributed by atoms with Gasteiger partial charge in [0, 0.05) is 17.1 Å². The quantitative estimate of drug-likeness (QED) is 0.490. The molecule has 4 rings (SSSR count). The van der Waals surface area contributed by atoms with E-state index in [4.69, 9.17) is 0 Å². The molecule has 26 heavy (non-hydrogen) atoms. The van der Waals surface area contributed by atoms with Crippen LogP contribution in [-0.2, 0) is 0 Å². The monoisotopic (exact) mass is 360 g/mol. The molecule has 4 aromatic rings. The van der Waals surface area contributed by atoms with E-state index in [-0.39, 0.29) is 0 Å². The summed E-state index contributed by atoms with van der Waals surface area (Å²) in [5, 5.41) is 6.58. The Morgan fingerprint density at radius 2 is 1.77 bits per heavy atom. The number of benzene rings is 1. The average Bonchev–Trinajstić information content (AvgIpc) is 3.09. The van der Waals surface area contributed by atoms with Crippen LogP contribution in [0.5, 0.6) is 0 Å². The molecule has 0 amide bonds. The number of anilines is 2. The summed E-state index contributed by atoms with van der Waals surface area (Å²) in [6.45, 7) is 6.45. The molecule has 0 spiro atoms. The van der Waals surface area contributed by atoms with Gasteiger partial charge in [-0.2, -0.15) is 0 Å². The number of hydrogen-bond donors (Lipinski definition) is 1. The minimum absolute atomic E-state index is 0.524. The van der Waals surface area contributed by atoms with E-state index >= 15 is 0 Å². The highest BCUT2D eigenvalue weighted by molar-refractivity contribution is 7.17. The van der Waals surface area contributed by atoms with Crippen LogP contribution in [0.4, 0.5) is 11.6 Å². The smallest absolute Gasteiger partial charge is 0.144 e. The summed E-state index contributed by atoms with van der Waals surface area (Å²) in [6.07, 6.45) is 3.39. The van der Waals surface area contributed by atoms with Crippen LogP contribution in [0.2, 0.25) is 0 Å². The van der Waals surface area contributed by atoms with Crippen molar-refractivity contribution in [1.82, 2.24) is 15.0 Å². The summed E-state index contributed by atoms with van der Waals surface area (Å²) in [4.78, 5) is 14.3. The van der Waals surface area contributed by atoms with Crippen LogP contribution >= 0.6 is 11.3 Å². The molecule has 1 aromatic carbocycles. The van der Waals surface area contributed by atoms with E-state index in [1.54, 1.807) is 23.9 Å². The van der Waals surface area contributed by atoms with Crippen molar-refractivity contribution < 1.29 is 0 Å². The van der Waals surface area contributed by atoms with Gasteiger partial charge in [0.05, 0.1) is 5.39 Å². The lowest BCUT2D eigenvalue weighted by Crippen LogP contribution is -1.99. The lowest BCUT2D eigenvalue weighted by Gasteiger charge is -2.10. The Kier molecular flexibility index (Phi) is 4.39. The van der Waals surface area contributed by atoms with E-state index in [2.05, 4.69) is 63.8 Å². The van der Waals surface area contributed by atoms with Gasteiger partial charge in [-0.3, -0.25) is 0 Å². The third-order valence-electron chi connectivity index (χ3n) is 4.50.